The van der Waals surface area contributed by atoms with Gasteiger partial charge in [-0.3, -0.25) is 4.79 Å². The van der Waals surface area contributed by atoms with Gasteiger partial charge in [-0.1, -0.05) is 11.6 Å². The molecule has 0 aliphatic heterocycles. The van der Waals surface area contributed by atoms with Crippen molar-refractivity contribution in [2.75, 3.05) is 14.2 Å². The number of pyridine rings is 1. The van der Waals surface area contributed by atoms with E-state index in [4.69, 9.17) is 21.1 Å². The molecule has 0 saturated heterocycles. The summed E-state index contributed by atoms with van der Waals surface area (Å²) in [7, 11) is 4.21. The summed E-state index contributed by atoms with van der Waals surface area (Å²) in [4.78, 5) is 15.3. The third-order valence-corrected chi connectivity index (χ3v) is 4.65. The Morgan fingerprint density at radius 2 is 2.12 bits per heavy atom. The summed E-state index contributed by atoms with van der Waals surface area (Å²) in [5.41, 5.74) is -1.36. The number of rotatable bonds is 4. The number of alkyl halides is 1. The van der Waals surface area contributed by atoms with Gasteiger partial charge < -0.3 is 14.0 Å². The van der Waals surface area contributed by atoms with Crippen LogP contribution in [-0.4, -0.2) is 36.2 Å². The molecule has 2 aromatic heterocycles. The van der Waals surface area contributed by atoms with Crippen molar-refractivity contribution in [3.63, 3.8) is 0 Å². The number of carbonyl (C=O) groups is 1. The topological polar surface area (TPSA) is 53.4 Å². The van der Waals surface area contributed by atoms with Crippen LogP contribution in [0.15, 0.2) is 41.6 Å². The van der Waals surface area contributed by atoms with Gasteiger partial charge in [-0.05, 0) is 12.1 Å². The summed E-state index contributed by atoms with van der Waals surface area (Å²) >= 11 is 5.91. The highest BCUT2D eigenvalue weighted by molar-refractivity contribution is 6.30. The summed E-state index contributed by atoms with van der Waals surface area (Å²) in [5, 5.41) is 0.986. The molecule has 5 nitrogen and oxygen atoms in total. The van der Waals surface area contributed by atoms with Crippen molar-refractivity contribution in [3.8, 4) is 0 Å². The molecule has 0 radical (unpaired) electrons. The van der Waals surface area contributed by atoms with Gasteiger partial charge in [0.25, 0.3) is 0 Å². The minimum atomic E-state index is -2.06. The molecule has 3 rings (SSSR count). The van der Waals surface area contributed by atoms with E-state index in [9.17, 15) is 9.18 Å². The lowest BCUT2D eigenvalue weighted by atomic mass is 9.83. The number of hydrogen-bond donors (Lipinski definition) is 0. The Bertz CT molecular complexity index is 922. The molecule has 1 aliphatic rings. The van der Waals surface area contributed by atoms with Crippen LogP contribution >= 0.6 is 11.6 Å². The third-order valence-electron chi connectivity index (χ3n) is 4.45. The maximum absolute atomic E-state index is 15.2. The second-order valence-electron chi connectivity index (χ2n) is 5.61. The van der Waals surface area contributed by atoms with E-state index in [0.717, 1.165) is 0 Å². The fourth-order valence-corrected chi connectivity index (χ4v) is 3.29. The predicted octanol–water partition coefficient (Wildman–Crippen LogP) is 3.37. The molecule has 0 saturated carbocycles. The molecule has 0 spiro atoms. The number of carbonyl (C=O) groups excluding carboxylic acids is 1. The van der Waals surface area contributed by atoms with Crippen molar-refractivity contribution in [1.82, 2.24) is 9.55 Å². The van der Waals surface area contributed by atoms with E-state index in [1.165, 1.54) is 20.3 Å². The highest BCUT2D eigenvalue weighted by Crippen LogP contribution is 2.44. The number of fused-ring (bicyclic) bond motifs is 1. The zero-order valence-corrected chi connectivity index (χ0v) is 14.5. The molecule has 132 valence electrons. The van der Waals surface area contributed by atoms with E-state index in [2.05, 4.69) is 4.98 Å². The van der Waals surface area contributed by atoms with Gasteiger partial charge in [-0.2, -0.15) is 0 Å². The van der Waals surface area contributed by atoms with Crippen molar-refractivity contribution in [1.29, 1.82) is 0 Å². The van der Waals surface area contributed by atoms with Gasteiger partial charge in [-0.15, -0.1) is 0 Å². The van der Waals surface area contributed by atoms with Crippen LogP contribution < -0.4 is 0 Å². The molecular weight excluding hydrogens is 354 g/mol. The van der Waals surface area contributed by atoms with Crippen molar-refractivity contribution < 1.29 is 23.0 Å². The molecule has 0 N–H and O–H groups in total. The largest absolute Gasteiger partial charge is 0.494 e. The molecule has 0 bridgehead atoms. The van der Waals surface area contributed by atoms with E-state index in [-0.39, 0.29) is 17.2 Å². The number of hydrogen-bond acceptors (Lipinski definition) is 4. The number of aldehydes is 1. The first-order valence-electron chi connectivity index (χ1n) is 7.32. The second kappa shape index (κ2) is 6.24. The van der Waals surface area contributed by atoms with Crippen LogP contribution in [0.5, 0.6) is 0 Å². The van der Waals surface area contributed by atoms with Gasteiger partial charge in [0.15, 0.2) is 29.6 Å². The zero-order valence-electron chi connectivity index (χ0n) is 13.7. The minimum Gasteiger partial charge on any atom is -0.494 e. The number of aryl methyl sites for hydroxylation is 1. The first-order valence-corrected chi connectivity index (χ1v) is 7.70. The Balaban J connectivity index is 2.31. The summed E-state index contributed by atoms with van der Waals surface area (Å²) in [5.74, 6) is -1.31. The van der Waals surface area contributed by atoms with E-state index < -0.39 is 23.2 Å². The lowest BCUT2D eigenvalue weighted by molar-refractivity contribution is -0.107. The van der Waals surface area contributed by atoms with Gasteiger partial charge in [0.1, 0.15) is 5.15 Å². The number of allylic oxidation sites excluding steroid dienone is 1. The maximum Gasteiger partial charge on any atom is 0.174 e. The van der Waals surface area contributed by atoms with Crippen LogP contribution in [0.2, 0.25) is 5.15 Å². The Labute approximate surface area is 147 Å². The second-order valence-corrected chi connectivity index (χ2v) is 6.00. The van der Waals surface area contributed by atoms with E-state index >= 15 is 4.39 Å². The SMILES string of the molecule is COC1=CC(OC)(c2cc3cc(Cl)ncc3n2C)C(F)C(C=O)=C1F. The van der Waals surface area contributed by atoms with Gasteiger partial charge >= 0.3 is 0 Å². The average Bonchev–Trinajstić information content (AvgIpc) is 2.92. The first-order chi connectivity index (χ1) is 11.9. The van der Waals surface area contributed by atoms with Crippen LogP contribution in [0.4, 0.5) is 8.78 Å². The molecule has 1 aliphatic carbocycles. The van der Waals surface area contributed by atoms with Crippen molar-refractivity contribution in [3.05, 3.63) is 52.4 Å². The van der Waals surface area contributed by atoms with Crippen LogP contribution in [-0.2, 0) is 26.9 Å². The average molecular weight is 369 g/mol. The van der Waals surface area contributed by atoms with Crippen molar-refractivity contribution in [2.24, 2.45) is 7.05 Å². The molecule has 2 atom stereocenters. The Morgan fingerprint density at radius 3 is 2.72 bits per heavy atom. The zero-order chi connectivity index (χ0) is 18.4. The van der Waals surface area contributed by atoms with E-state index in [1.54, 1.807) is 29.9 Å². The number of halogens is 3. The molecular formula is C17H15ClF2N2O3. The molecule has 2 unspecified atom stereocenters. The standard InChI is InChI=1S/C17H15ClF2N2O3/c1-22-11-7-21-14(18)5-9(11)4-13(22)17(25-3)6-12(24-2)15(19)10(8-23)16(17)20/h4-8,16H,1-3H3. The van der Waals surface area contributed by atoms with Crippen molar-refractivity contribution in [2.45, 2.75) is 11.8 Å². The Kier molecular flexibility index (Phi) is 4.38. The van der Waals surface area contributed by atoms with Gasteiger partial charge in [0.2, 0.25) is 0 Å². The monoisotopic (exact) mass is 368 g/mol. The number of aromatic nitrogens is 2. The van der Waals surface area contributed by atoms with Crippen LogP contribution in [0.3, 0.4) is 0 Å². The molecule has 0 aromatic carbocycles. The van der Waals surface area contributed by atoms with Gasteiger partial charge in [0, 0.05) is 25.6 Å². The smallest absolute Gasteiger partial charge is 0.174 e. The highest BCUT2D eigenvalue weighted by atomic mass is 35.5. The molecule has 0 amide bonds. The quantitative estimate of drug-likeness (QED) is 0.613. The van der Waals surface area contributed by atoms with E-state index in [0.29, 0.717) is 16.6 Å². The molecule has 8 heteroatoms. The van der Waals surface area contributed by atoms with Crippen LogP contribution in [0, 0.1) is 0 Å². The highest BCUT2D eigenvalue weighted by Gasteiger charge is 2.49. The summed E-state index contributed by atoms with van der Waals surface area (Å²) in [6.45, 7) is 0. The van der Waals surface area contributed by atoms with Crippen LogP contribution in [0.1, 0.15) is 5.69 Å². The van der Waals surface area contributed by atoms with Gasteiger partial charge in [0.05, 0.1) is 30.1 Å². The summed E-state index contributed by atoms with van der Waals surface area (Å²) in [6, 6.07) is 3.28. The molecule has 2 aromatic rings. The normalized spacial score (nSPS) is 23.8. The van der Waals surface area contributed by atoms with Crippen LogP contribution in [0.25, 0.3) is 10.9 Å². The summed E-state index contributed by atoms with van der Waals surface area (Å²) < 4.78 is 41.5. The fraction of sp³-hybridized carbons (Fsp3) is 0.294. The number of ether oxygens (including phenoxy) is 2. The predicted molar refractivity (Wildman–Crippen MR) is 88.6 cm³/mol. The Hall–Kier alpha value is -2.25. The van der Waals surface area contributed by atoms with Crippen molar-refractivity contribution >= 4 is 28.8 Å². The number of nitrogens with zero attached hydrogens (tertiary/aromatic N) is 2. The molecule has 25 heavy (non-hydrogen) atoms. The third kappa shape index (κ3) is 2.46. The fourth-order valence-electron chi connectivity index (χ4n) is 3.13. The number of methoxy groups -OCH3 is 2. The minimum absolute atomic E-state index is 0.140. The molecule has 2 heterocycles. The van der Waals surface area contributed by atoms with Gasteiger partial charge in [-0.25, -0.2) is 13.8 Å². The molecule has 0 fully saturated rings. The Morgan fingerprint density at radius 1 is 1.40 bits per heavy atom. The summed E-state index contributed by atoms with van der Waals surface area (Å²) in [6.07, 6.45) is 0.822. The lowest BCUT2D eigenvalue weighted by Crippen LogP contribution is -2.43. The first kappa shape index (κ1) is 17.6. The lowest BCUT2D eigenvalue weighted by Gasteiger charge is -2.36. The van der Waals surface area contributed by atoms with E-state index in [1.807, 2.05) is 0 Å². The maximum atomic E-state index is 15.2.